The number of aldehydes is 1. The molecule has 4 heteroatoms. The molecule has 0 aliphatic carbocycles. The van der Waals surface area contributed by atoms with Crippen LogP contribution in [-0.4, -0.2) is 21.4 Å². The van der Waals surface area contributed by atoms with Crippen LogP contribution in [0.2, 0.25) is 13.1 Å². The lowest BCUT2D eigenvalue weighted by Gasteiger charge is -2.33. The van der Waals surface area contributed by atoms with Gasteiger partial charge in [-0.3, -0.25) is 4.79 Å². The number of anilines is 1. The lowest BCUT2D eigenvalue weighted by Crippen LogP contribution is -2.35. The van der Waals surface area contributed by atoms with Crippen molar-refractivity contribution in [1.29, 1.82) is 0 Å². The molecule has 19 heavy (non-hydrogen) atoms. The first-order valence-corrected chi connectivity index (χ1v) is 8.96. The van der Waals surface area contributed by atoms with Crippen molar-refractivity contribution in [2.45, 2.75) is 46.4 Å². The molecule has 1 radical (unpaired) electrons. The maximum absolute atomic E-state index is 10.9. The maximum Gasteiger partial charge on any atom is 0.205 e. The SMILES string of the molecule is C[Si](C)OC(Cc1cccc(C=O)c1N)C(C)(C)C. The molecule has 0 spiro atoms. The van der Waals surface area contributed by atoms with E-state index in [9.17, 15) is 4.79 Å². The Morgan fingerprint density at radius 2 is 2.00 bits per heavy atom. The number of hydrogen-bond donors (Lipinski definition) is 1. The number of nitrogen functional groups attached to an aromatic ring is 1. The molecule has 0 aliphatic heterocycles. The fourth-order valence-electron chi connectivity index (χ4n) is 1.92. The molecule has 0 saturated heterocycles. The van der Waals surface area contributed by atoms with Gasteiger partial charge in [0.15, 0.2) is 6.29 Å². The van der Waals surface area contributed by atoms with Gasteiger partial charge in [-0.1, -0.05) is 32.9 Å². The first-order valence-electron chi connectivity index (χ1n) is 6.55. The second-order valence-corrected chi connectivity index (χ2v) is 8.17. The number of hydrogen-bond acceptors (Lipinski definition) is 3. The van der Waals surface area contributed by atoms with Gasteiger partial charge < -0.3 is 10.2 Å². The average Bonchev–Trinajstić information content (AvgIpc) is 2.29. The van der Waals surface area contributed by atoms with Gasteiger partial charge in [-0.25, -0.2) is 0 Å². The molecule has 3 nitrogen and oxygen atoms in total. The van der Waals surface area contributed by atoms with Gasteiger partial charge in [0.25, 0.3) is 0 Å². The monoisotopic (exact) mass is 278 g/mol. The molecule has 2 N–H and O–H groups in total. The topological polar surface area (TPSA) is 52.3 Å². The molecule has 0 amide bonds. The summed E-state index contributed by atoms with van der Waals surface area (Å²) >= 11 is 0. The zero-order chi connectivity index (χ0) is 14.6. The van der Waals surface area contributed by atoms with Crippen LogP contribution in [-0.2, 0) is 10.8 Å². The quantitative estimate of drug-likeness (QED) is 0.511. The molecular weight excluding hydrogens is 254 g/mol. The molecule has 0 aliphatic rings. The van der Waals surface area contributed by atoms with E-state index in [1.165, 1.54) is 0 Å². The van der Waals surface area contributed by atoms with Crippen LogP contribution in [0.4, 0.5) is 5.69 Å². The summed E-state index contributed by atoms with van der Waals surface area (Å²) in [4.78, 5) is 10.9. The minimum atomic E-state index is -0.773. The van der Waals surface area contributed by atoms with E-state index in [1.807, 2.05) is 12.1 Å². The molecule has 1 aromatic rings. The number of nitrogens with two attached hydrogens (primary N) is 1. The predicted octanol–water partition coefficient (Wildman–Crippen LogP) is 3.31. The summed E-state index contributed by atoms with van der Waals surface area (Å²) < 4.78 is 6.11. The fourth-order valence-corrected chi connectivity index (χ4v) is 2.93. The van der Waals surface area contributed by atoms with Crippen molar-refractivity contribution in [1.82, 2.24) is 0 Å². The second-order valence-electron chi connectivity index (χ2n) is 6.12. The van der Waals surface area contributed by atoms with Crippen LogP contribution in [0.5, 0.6) is 0 Å². The van der Waals surface area contributed by atoms with E-state index in [4.69, 9.17) is 10.2 Å². The second kappa shape index (κ2) is 6.35. The third-order valence-corrected chi connectivity index (χ3v) is 3.86. The van der Waals surface area contributed by atoms with E-state index in [0.29, 0.717) is 11.3 Å². The van der Waals surface area contributed by atoms with E-state index < -0.39 is 9.04 Å². The van der Waals surface area contributed by atoms with Crippen LogP contribution in [0, 0.1) is 5.41 Å². The van der Waals surface area contributed by atoms with Gasteiger partial charge in [-0.2, -0.15) is 0 Å². The first kappa shape index (κ1) is 15.9. The molecule has 0 bridgehead atoms. The van der Waals surface area contributed by atoms with Gasteiger partial charge in [0.05, 0.1) is 6.10 Å². The van der Waals surface area contributed by atoms with E-state index in [2.05, 4.69) is 33.9 Å². The number of rotatable bonds is 5. The Labute approximate surface area is 117 Å². The van der Waals surface area contributed by atoms with E-state index in [1.54, 1.807) is 6.07 Å². The highest BCUT2D eigenvalue weighted by atomic mass is 28.3. The van der Waals surface area contributed by atoms with Gasteiger partial charge in [0.1, 0.15) is 0 Å². The summed E-state index contributed by atoms with van der Waals surface area (Å²) in [7, 11) is -0.773. The number of benzene rings is 1. The summed E-state index contributed by atoms with van der Waals surface area (Å²) in [5, 5.41) is 0. The summed E-state index contributed by atoms with van der Waals surface area (Å²) in [6.07, 6.45) is 1.66. The van der Waals surface area contributed by atoms with Crippen molar-refractivity contribution in [2.75, 3.05) is 5.73 Å². The summed E-state index contributed by atoms with van der Waals surface area (Å²) in [5.41, 5.74) is 8.22. The Bertz CT molecular complexity index is 438. The van der Waals surface area contributed by atoms with E-state index >= 15 is 0 Å². The van der Waals surface area contributed by atoms with E-state index in [0.717, 1.165) is 18.3 Å². The van der Waals surface area contributed by atoms with Crippen molar-refractivity contribution in [3.63, 3.8) is 0 Å². The van der Waals surface area contributed by atoms with Crippen LogP contribution >= 0.6 is 0 Å². The number of carbonyl (C=O) groups is 1. The smallest absolute Gasteiger partial charge is 0.205 e. The van der Waals surface area contributed by atoms with Crippen molar-refractivity contribution < 1.29 is 9.22 Å². The van der Waals surface area contributed by atoms with E-state index in [-0.39, 0.29) is 11.5 Å². The summed E-state index contributed by atoms with van der Waals surface area (Å²) in [6, 6.07) is 5.59. The maximum atomic E-state index is 10.9. The van der Waals surface area contributed by atoms with Crippen LogP contribution in [0.3, 0.4) is 0 Å². The first-order chi connectivity index (χ1) is 8.75. The van der Waals surface area contributed by atoms with Crippen molar-refractivity contribution in [3.8, 4) is 0 Å². The zero-order valence-corrected chi connectivity index (χ0v) is 13.5. The Hall–Kier alpha value is -1.13. The Balaban J connectivity index is 3.00. The molecule has 1 atom stereocenters. The van der Waals surface area contributed by atoms with Gasteiger partial charge in [0, 0.05) is 11.3 Å². The standard InChI is InChI=1S/C15H24NO2Si/c1-15(2,3)13(18-19(4)5)9-11-7-6-8-12(10-17)14(11)16/h6-8,10,13H,9,16H2,1-5H3. The number of para-hydroxylation sites is 1. The minimum absolute atomic E-state index is 0.0472. The predicted molar refractivity (Wildman–Crippen MR) is 81.8 cm³/mol. The minimum Gasteiger partial charge on any atom is -0.413 e. The molecule has 105 valence electrons. The largest absolute Gasteiger partial charge is 0.413 e. The average molecular weight is 278 g/mol. The van der Waals surface area contributed by atoms with Crippen LogP contribution in [0.15, 0.2) is 18.2 Å². The van der Waals surface area contributed by atoms with Crippen LogP contribution in [0.1, 0.15) is 36.7 Å². The highest BCUT2D eigenvalue weighted by Gasteiger charge is 2.27. The normalized spacial score (nSPS) is 13.6. The molecule has 0 saturated carbocycles. The molecule has 0 fully saturated rings. The molecular formula is C15H24NO2Si. The third-order valence-electron chi connectivity index (χ3n) is 3.11. The Morgan fingerprint density at radius 1 is 1.37 bits per heavy atom. The van der Waals surface area contributed by atoms with Crippen molar-refractivity contribution in [2.24, 2.45) is 5.41 Å². The molecule has 0 aromatic heterocycles. The van der Waals surface area contributed by atoms with Crippen LogP contribution in [0.25, 0.3) is 0 Å². The summed E-state index contributed by atoms with van der Waals surface area (Å²) in [6.45, 7) is 10.8. The van der Waals surface area contributed by atoms with Crippen molar-refractivity contribution >= 4 is 21.0 Å². The molecule has 0 heterocycles. The molecule has 1 rings (SSSR count). The lowest BCUT2D eigenvalue weighted by molar-refractivity contribution is 0.0869. The van der Waals surface area contributed by atoms with Crippen LogP contribution < -0.4 is 5.73 Å². The van der Waals surface area contributed by atoms with Crippen molar-refractivity contribution in [3.05, 3.63) is 29.3 Å². The van der Waals surface area contributed by atoms with Gasteiger partial charge >= 0.3 is 0 Å². The fraction of sp³-hybridized carbons (Fsp3) is 0.533. The highest BCUT2D eigenvalue weighted by Crippen LogP contribution is 2.28. The summed E-state index contributed by atoms with van der Waals surface area (Å²) in [5.74, 6) is 0. The number of carbonyl (C=O) groups excluding carboxylic acids is 1. The highest BCUT2D eigenvalue weighted by molar-refractivity contribution is 6.48. The van der Waals surface area contributed by atoms with Gasteiger partial charge in [0.2, 0.25) is 9.04 Å². The Kier molecular flexibility index (Phi) is 5.32. The van der Waals surface area contributed by atoms with Gasteiger partial charge in [-0.05, 0) is 36.6 Å². The molecule has 1 aromatic carbocycles. The lowest BCUT2D eigenvalue weighted by atomic mass is 9.85. The third kappa shape index (κ3) is 4.47. The molecule has 1 unspecified atom stereocenters. The zero-order valence-electron chi connectivity index (χ0n) is 12.5. The van der Waals surface area contributed by atoms with Gasteiger partial charge in [-0.15, -0.1) is 0 Å². The Morgan fingerprint density at radius 3 is 2.47 bits per heavy atom.